The number of nitrogens with zero attached hydrogens (tertiary/aromatic N) is 1. The highest BCUT2D eigenvalue weighted by atomic mass is 32.2. The first kappa shape index (κ1) is 17.8. The molecule has 2 aromatic carbocycles. The number of hydrogen-bond acceptors (Lipinski definition) is 5. The molecule has 3 aromatic rings. The highest BCUT2D eigenvalue weighted by Crippen LogP contribution is 2.39. The second-order valence-electron chi connectivity index (χ2n) is 6.94. The number of para-hydroxylation sites is 1. The number of rotatable bonds is 3. The van der Waals surface area contributed by atoms with E-state index in [-0.39, 0.29) is 11.2 Å². The van der Waals surface area contributed by atoms with Gasteiger partial charge in [-0.05, 0) is 40.8 Å². The number of benzene rings is 2. The Hall–Kier alpha value is -1.96. The van der Waals surface area contributed by atoms with Gasteiger partial charge >= 0.3 is 0 Å². The molecule has 0 aliphatic carbocycles. The van der Waals surface area contributed by atoms with Gasteiger partial charge in [0.25, 0.3) is 10.1 Å². The van der Waals surface area contributed by atoms with Crippen LogP contribution in [0.15, 0.2) is 42.5 Å². The highest BCUT2D eigenvalue weighted by molar-refractivity contribution is 7.86. The number of hydrogen-bond donors (Lipinski definition) is 2. The molecular weight excluding hydrogens is 358 g/mol. The van der Waals surface area contributed by atoms with Crippen LogP contribution >= 0.6 is 11.3 Å². The lowest BCUT2D eigenvalue weighted by Crippen LogP contribution is -2.16. The van der Waals surface area contributed by atoms with Gasteiger partial charge in [0.2, 0.25) is 0 Å². The van der Waals surface area contributed by atoms with Crippen molar-refractivity contribution in [2.45, 2.75) is 31.4 Å². The number of aromatic hydroxyl groups is 1. The Kier molecular flexibility index (Phi) is 4.35. The average molecular weight is 377 g/mol. The summed E-state index contributed by atoms with van der Waals surface area (Å²) >= 11 is 1.23. The van der Waals surface area contributed by atoms with Crippen LogP contribution in [0.25, 0.3) is 10.2 Å². The van der Waals surface area contributed by atoms with Crippen LogP contribution in [0.5, 0.6) is 5.75 Å². The standard InChI is InChI=1S/C18H19NO4S2/c1-18(2,3)12-10-11(8-9-14(12)20)16(25(21,22)23)17-19-13-6-4-5-7-15(13)24-17/h4-10,16,20H,1-3H3,(H,21,22,23). The van der Waals surface area contributed by atoms with E-state index in [1.165, 1.54) is 23.5 Å². The van der Waals surface area contributed by atoms with Crippen molar-refractivity contribution in [3.05, 3.63) is 58.6 Å². The van der Waals surface area contributed by atoms with E-state index in [0.29, 0.717) is 21.7 Å². The van der Waals surface area contributed by atoms with Crippen LogP contribution < -0.4 is 0 Å². The molecule has 0 aliphatic rings. The molecule has 0 bridgehead atoms. The first-order chi connectivity index (χ1) is 11.6. The third kappa shape index (κ3) is 3.53. The van der Waals surface area contributed by atoms with Gasteiger partial charge in [0.05, 0.1) is 10.2 Å². The Balaban J connectivity index is 2.21. The van der Waals surface area contributed by atoms with Crippen molar-refractivity contribution >= 4 is 31.7 Å². The van der Waals surface area contributed by atoms with Gasteiger partial charge in [-0.1, -0.05) is 39.0 Å². The minimum Gasteiger partial charge on any atom is -0.508 e. The van der Waals surface area contributed by atoms with Crippen molar-refractivity contribution in [1.82, 2.24) is 4.98 Å². The first-order valence-corrected chi connectivity index (χ1v) is 10.0. The van der Waals surface area contributed by atoms with Gasteiger partial charge in [-0.25, -0.2) is 4.98 Å². The van der Waals surface area contributed by atoms with E-state index in [1.807, 2.05) is 39.0 Å². The van der Waals surface area contributed by atoms with Gasteiger partial charge < -0.3 is 5.11 Å². The maximum Gasteiger partial charge on any atom is 0.278 e. The van der Waals surface area contributed by atoms with Crippen LogP contribution in [0.4, 0.5) is 0 Å². The Labute approximate surface area is 150 Å². The molecule has 25 heavy (non-hydrogen) atoms. The first-order valence-electron chi connectivity index (χ1n) is 7.72. The molecule has 0 amide bonds. The zero-order valence-electron chi connectivity index (χ0n) is 14.1. The summed E-state index contributed by atoms with van der Waals surface area (Å²) in [5.74, 6) is 0.0923. The highest BCUT2D eigenvalue weighted by Gasteiger charge is 2.32. The van der Waals surface area contributed by atoms with Crippen LogP contribution in [0.2, 0.25) is 0 Å². The lowest BCUT2D eigenvalue weighted by Gasteiger charge is -2.22. The monoisotopic (exact) mass is 377 g/mol. The van der Waals surface area contributed by atoms with Crippen LogP contribution in [-0.4, -0.2) is 23.1 Å². The maximum atomic E-state index is 12.1. The summed E-state index contributed by atoms with van der Waals surface area (Å²) in [5, 5.41) is 9.13. The Bertz CT molecular complexity index is 1000. The number of phenolic OH excluding ortho intramolecular Hbond substituents is 1. The normalized spacial score (nSPS) is 13.9. The van der Waals surface area contributed by atoms with E-state index in [4.69, 9.17) is 0 Å². The molecule has 0 spiro atoms. The third-order valence-electron chi connectivity index (χ3n) is 3.96. The largest absolute Gasteiger partial charge is 0.508 e. The predicted molar refractivity (Wildman–Crippen MR) is 99.8 cm³/mol. The fraction of sp³-hybridized carbons (Fsp3) is 0.278. The van der Waals surface area contributed by atoms with Gasteiger partial charge in [0.15, 0.2) is 5.25 Å². The lowest BCUT2D eigenvalue weighted by molar-refractivity contribution is 0.445. The molecule has 0 radical (unpaired) electrons. The molecule has 1 aromatic heterocycles. The van der Waals surface area contributed by atoms with Crippen molar-refractivity contribution in [1.29, 1.82) is 0 Å². The molecule has 0 fully saturated rings. The molecule has 1 unspecified atom stereocenters. The summed E-state index contributed by atoms with van der Waals surface area (Å²) in [4.78, 5) is 4.39. The average Bonchev–Trinajstić information content (AvgIpc) is 2.89. The van der Waals surface area contributed by atoms with E-state index in [9.17, 15) is 18.1 Å². The molecule has 1 heterocycles. The van der Waals surface area contributed by atoms with E-state index in [0.717, 1.165) is 4.70 Å². The van der Waals surface area contributed by atoms with Gasteiger partial charge in [-0.3, -0.25) is 4.55 Å². The quantitative estimate of drug-likeness (QED) is 0.665. The topological polar surface area (TPSA) is 87.5 Å². The number of fused-ring (bicyclic) bond motifs is 1. The van der Waals surface area contributed by atoms with Crippen molar-refractivity contribution in [3.8, 4) is 5.75 Å². The van der Waals surface area contributed by atoms with Crippen molar-refractivity contribution < 1.29 is 18.1 Å². The Morgan fingerprint density at radius 2 is 1.80 bits per heavy atom. The van der Waals surface area contributed by atoms with Gasteiger partial charge in [-0.15, -0.1) is 11.3 Å². The van der Waals surface area contributed by atoms with E-state index < -0.39 is 15.4 Å². The van der Waals surface area contributed by atoms with Crippen molar-refractivity contribution in [2.24, 2.45) is 0 Å². The SMILES string of the molecule is CC(C)(C)c1cc(C(c2nc3ccccc3s2)S(=O)(=O)O)ccc1O. The zero-order valence-corrected chi connectivity index (χ0v) is 15.7. The predicted octanol–water partition coefficient (Wildman–Crippen LogP) is 4.28. The molecule has 132 valence electrons. The fourth-order valence-electron chi connectivity index (χ4n) is 2.76. The van der Waals surface area contributed by atoms with E-state index in [2.05, 4.69) is 4.98 Å². The Morgan fingerprint density at radius 3 is 2.40 bits per heavy atom. The summed E-state index contributed by atoms with van der Waals surface area (Å²) in [6.07, 6.45) is 0. The lowest BCUT2D eigenvalue weighted by atomic mass is 9.85. The van der Waals surface area contributed by atoms with Gasteiger partial charge in [-0.2, -0.15) is 8.42 Å². The molecule has 7 heteroatoms. The summed E-state index contributed by atoms with van der Waals surface area (Å²) < 4.78 is 34.9. The van der Waals surface area contributed by atoms with Crippen LogP contribution in [0.3, 0.4) is 0 Å². The molecule has 1 atom stereocenters. The van der Waals surface area contributed by atoms with E-state index in [1.54, 1.807) is 12.1 Å². The third-order valence-corrected chi connectivity index (χ3v) is 6.31. The zero-order chi connectivity index (χ0) is 18.4. The second kappa shape index (κ2) is 6.09. The van der Waals surface area contributed by atoms with Crippen LogP contribution in [0, 0.1) is 0 Å². The smallest absolute Gasteiger partial charge is 0.278 e. The molecule has 3 rings (SSSR count). The molecule has 0 aliphatic heterocycles. The molecular formula is C18H19NO4S2. The second-order valence-corrected chi connectivity index (χ2v) is 9.51. The Morgan fingerprint density at radius 1 is 1.12 bits per heavy atom. The van der Waals surface area contributed by atoms with E-state index >= 15 is 0 Å². The van der Waals surface area contributed by atoms with Crippen LogP contribution in [-0.2, 0) is 15.5 Å². The maximum absolute atomic E-state index is 12.1. The van der Waals surface area contributed by atoms with Crippen molar-refractivity contribution in [3.63, 3.8) is 0 Å². The minimum atomic E-state index is -4.43. The summed E-state index contributed by atoms with van der Waals surface area (Å²) in [5.41, 5.74) is 1.30. The van der Waals surface area contributed by atoms with Gasteiger partial charge in [0, 0.05) is 0 Å². The van der Waals surface area contributed by atoms with Crippen molar-refractivity contribution in [2.75, 3.05) is 0 Å². The van der Waals surface area contributed by atoms with Gasteiger partial charge in [0.1, 0.15) is 10.8 Å². The summed E-state index contributed by atoms with van der Waals surface area (Å²) in [6, 6.07) is 11.9. The summed E-state index contributed by atoms with van der Waals surface area (Å²) in [6.45, 7) is 5.77. The fourth-order valence-corrected chi connectivity index (χ4v) is 5.05. The molecule has 5 nitrogen and oxygen atoms in total. The molecule has 2 N–H and O–H groups in total. The summed E-state index contributed by atoms with van der Waals surface area (Å²) in [7, 11) is -4.43. The number of aromatic nitrogens is 1. The molecule has 0 saturated heterocycles. The molecule has 0 saturated carbocycles. The van der Waals surface area contributed by atoms with Crippen LogP contribution in [0.1, 0.15) is 42.2 Å². The number of phenols is 1. The minimum absolute atomic E-state index is 0.0923. The number of thiazole rings is 1.